The van der Waals surface area contributed by atoms with Crippen molar-refractivity contribution in [3.63, 3.8) is 0 Å². The van der Waals surface area contributed by atoms with E-state index >= 15 is 0 Å². The van der Waals surface area contributed by atoms with Gasteiger partial charge in [-0.2, -0.15) is 0 Å². The topological polar surface area (TPSA) is 97.5 Å². The van der Waals surface area contributed by atoms with E-state index in [-0.39, 0.29) is 17.9 Å². The third-order valence-electron chi connectivity index (χ3n) is 3.87. The molecule has 2 rings (SSSR count). The number of amides is 1. The molecule has 0 unspecified atom stereocenters. The van der Waals surface area contributed by atoms with Gasteiger partial charge in [-0.3, -0.25) is 4.79 Å². The summed E-state index contributed by atoms with van der Waals surface area (Å²) in [6.07, 6.45) is 0. The first-order valence-electron chi connectivity index (χ1n) is 8.24. The minimum atomic E-state index is -0.674. The van der Waals surface area contributed by atoms with Crippen molar-refractivity contribution in [1.82, 2.24) is 4.98 Å². The predicted molar refractivity (Wildman–Crippen MR) is 96.3 cm³/mol. The van der Waals surface area contributed by atoms with Gasteiger partial charge in [0.05, 0.1) is 12.2 Å². The Morgan fingerprint density at radius 2 is 1.73 bits per heavy atom. The number of ether oxygens (including phenoxy) is 2. The number of esters is 2. The Labute approximate surface area is 151 Å². The third-order valence-corrected chi connectivity index (χ3v) is 3.87. The predicted octanol–water partition coefficient (Wildman–Crippen LogP) is 2.91. The Morgan fingerprint density at radius 1 is 1.04 bits per heavy atom. The van der Waals surface area contributed by atoms with E-state index in [0.717, 1.165) is 5.56 Å². The maximum Gasteiger partial charge on any atom is 0.355 e. The standard InChI is InChI=1S/C19H22N2O5/c1-5-25-19(24)17-12(3)16(13(4)20-17)18(23)26-10-15(22)21-14-9-7-6-8-11(14)2/h6-9,20H,5,10H2,1-4H3,(H,21,22). The average Bonchev–Trinajstić information content (AvgIpc) is 2.90. The van der Waals surface area contributed by atoms with Crippen LogP contribution in [-0.2, 0) is 14.3 Å². The molecule has 7 nitrogen and oxygen atoms in total. The van der Waals surface area contributed by atoms with Crippen LogP contribution in [-0.4, -0.2) is 36.0 Å². The van der Waals surface area contributed by atoms with Crippen molar-refractivity contribution in [2.75, 3.05) is 18.5 Å². The molecule has 138 valence electrons. The molecule has 0 bridgehead atoms. The summed E-state index contributed by atoms with van der Waals surface area (Å²) in [6, 6.07) is 7.30. The molecule has 1 amide bonds. The van der Waals surface area contributed by atoms with Crippen LogP contribution in [0.2, 0.25) is 0 Å². The largest absolute Gasteiger partial charge is 0.461 e. The SMILES string of the molecule is CCOC(=O)c1[nH]c(C)c(C(=O)OCC(=O)Nc2ccccc2C)c1C. The molecule has 2 aromatic rings. The molecule has 0 aliphatic rings. The van der Waals surface area contributed by atoms with Crippen LogP contribution in [0.3, 0.4) is 0 Å². The van der Waals surface area contributed by atoms with E-state index in [9.17, 15) is 14.4 Å². The van der Waals surface area contributed by atoms with Crippen molar-refractivity contribution in [3.8, 4) is 0 Å². The molecule has 0 saturated carbocycles. The molecule has 0 spiro atoms. The van der Waals surface area contributed by atoms with Gasteiger partial charge in [0.15, 0.2) is 6.61 Å². The summed E-state index contributed by atoms with van der Waals surface area (Å²) in [5.74, 6) is -1.65. The summed E-state index contributed by atoms with van der Waals surface area (Å²) in [6.45, 7) is 6.65. The second-order valence-corrected chi connectivity index (χ2v) is 5.78. The molecule has 0 atom stereocenters. The van der Waals surface area contributed by atoms with Gasteiger partial charge < -0.3 is 19.8 Å². The van der Waals surface area contributed by atoms with Crippen molar-refractivity contribution >= 4 is 23.5 Å². The Bertz CT molecular complexity index is 838. The maximum atomic E-state index is 12.3. The summed E-state index contributed by atoms with van der Waals surface area (Å²) in [5.41, 5.74) is 2.92. The summed E-state index contributed by atoms with van der Waals surface area (Å²) in [7, 11) is 0. The highest BCUT2D eigenvalue weighted by molar-refractivity contribution is 6.00. The first-order chi connectivity index (χ1) is 12.3. The number of aromatic amines is 1. The number of hydrogen-bond acceptors (Lipinski definition) is 5. The third kappa shape index (κ3) is 4.30. The van der Waals surface area contributed by atoms with Crippen LogP contribution in [0.4, 0.5) is 5.69 Å². The molecule has 0 radical (unpaired) electrons. The van der Waals surface area contributed by atoms with Crippen LogP contribution in [0.5, 0.6) is 0 Å². The van der Waals surface area contributed by atoms with Crippen LogP contribution >= 0.6 is 0 Å². The molecule has 1 aromatic heterocycles. The Morgan fingerprint density at radius 3 is 2.38 bits per heavy atom. The minimum absolute atomic E-state index is 0.209. The van der Waals surface area contributed by atoms with Crippen molar-refractivity contribution in [2.45, 2.75) is 27.7 Å². The molecule has 26 heavy (non-hydrogen) atoms. The Hall–Kier alpha value is -3.09. The fraction of sp³-hybridized carbons (Fsp3) is 0.316. The fourth-order valence-corrected chi connectivity index (χ4v) is 2.57. The lowest BCUT2D eigenvalue weighted by atomic mass is 10.1. The first-order valence-corrected chi connectivity index (χ1v) is 8.24. The molecule has 1 heterocycles. The highest BCUT2D eigenvalue weighted by atomic mass is 16.5. The van der Waals surface area contributed by atoms with E-state index in [1.54, 1.807) is 32.9 Å². The number of aryl methyl sites for hydroxylation is 2. The summed E-state index contributed by atoms with van der Waals surface area (Å²) < 4.78 is 10.0. The van der Waals surface area contributed by atoms with Gasteiger partial charge in [-0.1, -0.05) is 18.2 Å². The van der Waals surface area contributed by atoms with Gasteiger partial charge in [0.25, 0.3) is 5.91 Å². The van der Waals surface area contributed by atoms with Crippen LogP contribution in [0.25, 0.3) is 0 Å². The summed E-state index contributed by atoms with van der Waals surface area (Å²) in [5, 5.41) is 2.69. The number of nitrogens with one attached hydrogen (secondary N) is 2. The van der Waals surface area contributed by atoms with Gasteiger partial charge in [-0.25, -0.2) is 9.59 Å². The number of hydrogen-bond donors (Lipinski definition) is 2. The van der Waals surface area contributed by atoms with E-state index in [2.05, 4.69) is 10.3 Å². The highest BCUT2D eigenvalue weighted by Gasteiger charge is 2.24. The van der Waals surface area contributed by atoms with Gasteiger partial charge in [0, 0.05) is 11.4 Å². The molecule has 0 aliphatic heterocycles. The van der Waals surface area contributed by atoms with Crippen molar-refractivity contribution in [3.05, 3.63) is 52.3 Å². The zero-order chi connectivity index (χ0) is 19.3. The number of carbonyl (C=O) groups excluding carboxylic acids is 3. The summed E-state index contributed by atoms with van der Waals surface area (Å²) >= 11 is 0. The first kappa shape index (κ1) is 19.2. The average molecular weight is 358 g/mol. The van der Waals surface area contributed by atoms with Gasteiger partial charge in [0.1, 0.15) is 5.69 Å². The fourth-order valence-electron chi connectivity index (χ4n) is 2.57. The molecule has 1 aromatic carbocycles. The zero-order valence-electron chi connectivity index (χ0n) is 15.3. The lowest BCUT2D eigenvalue weighted by molar-refractivity contribution is -0.119. The van der Waals surface area contributed by atoms with Crippen LogP contribution in [0, 0.1) is 20.8 Å². The number of aromatic nitrogens is 1. The normalized spacial score (nSPS) is 10.3. The van der Waals surface area contributed by atoms with Crippen molar-refractivity contribution in [1.29, 1.82) is 0 Å². The van der Waals surface area contributed by atoms with Crippen LogP contribution < -0.4 is 5.32 Å². The molecular weight excluding hydrogens is 336 g/mol. The second-order valence-electron chi connectivity index (χ2n) is 5.78. The number of H-pyrrole nitrogens is 1. The molecule has 0 aliphatic carbocycles. The van der Waals surface area contributed by atoms with Gasteiger partial charge >= 0.3 is 11.9 Å². The van der Waals surface area contributed by atoms with E-state index in [1.807, 2.05) is 19.1 Å². The zero-order valence-corrected chi connectivity index (χ0v) is 15.3. The van der Waals surface area contributed by atoms with Crippen molar-refractivity contribution < 1.29 is 23.9 Å². The van der Waals surface area contributed by atoms with E-state index in [4.69, 9.17) is 9.47 Å². The quantitative estimate of drug-likeness (QED) is 0.774. The van der Waals surface area contributed by atoms with Gasteiger partial charge in [-0.05, 0) is 44.9 Å². The smallest absolute Gasteiger partial charge is 0.355 e. The molecule has 7 heteroatoms. The maximum absolute atomic E-state index is 12.3. The Balaban J connectivity index is 2.03. The highest BCUT2D eigenvalue weighted by Crippen LogP contribution is 2.20. The number of benzene rings is 1. The second kappa shape index (κ2) is 8.33. The molecule has 0 saturated heterocycles. The number of para-hydroxylation sites is 1. The van der Waals surface area contributed by atoms with E-state index < -0.39 is 24.5 Å². The molecular formula is C19H22N2O5. The van der Waals surface area contributed by atoms with E-state index in [0.29, 0.717) is 16.9 Å². The van der Waals surface area contributed by atoms with Crippen LogP contribution in [0.1, 0.15) is 44.6 Å². The number of carbonyl (C=O) groups is 3. The monoisotopic (exact) mass is 358 g/mol. The molecule has 0 fully saturated rings. The van der Waals surface area contributed by atoms with Crippen molar-refractivity contribution in [2.24, 2.45) is 0 Å². The lowest BCUT2D eigenvalue weighted by Gasteiger charge is -2.09. The minimum Gasteiger partial charge on any atom is -0.461 e. The van der Waals surface area contributed by atoms with Gasteiger partial charge in [0.2, 0.25) is 0 Å². The van der Waals surface area contributed by atoms with Gasteiger partial charge in [-0.15, -0.1) is 0 Å². The van der Waals surface area contributed by atoms with Crippen LogP contribution in [0.15, 0.2) is 24.3 Å². The summed E-state index contributed by atoms with van der Waals surface area (Å²) in [4.78, 5) is 39.1. The number of anilines is 1. The number of rotatable bonds is 6. The van der Waals surface area contributed by atoms with E-state index in [1.165, 1.54) is 0 Å². The lowest BCUT2D eigenvalue weighted by Crippen LogP contribution is -2.21. The molecule has 2 N–H and O–H groups in total. The Kier molecular flexibility index (Phi) is 6.16.